The molecule has 2 aromatic heterocycles. The average Bonchev–Trinajstić information content (AvgIpc) is 2.87. The van der Waals surface area contributed by atoms with Crippen LogP contribution in [0.25, 0.3) is 22.0 Å². The SMILES string of the molecule is CC(C)(C)NC(=O)Nc1nc2cc(NCCCCOCc3ccccc3)ncc2cc1-c1ccccc1. The van der Waals surface area contributed by atoms with Crippen molar-refractivity contribution in [1.29, 1.82) is 0 Å². The Morgan fingerprint density at radius 3 is 2.41 bits per heavy atom. The fraction of sp³-hybridized carbons (Fsp3) is 0.300. The van der Waals surface area contributed by atoms with Crippen LogP contribution in [0, 0.1) is 0 Å². The molecule has 2 amide bonds. The van der Waals surface area contributed by atoms with Crippen LogP contribution in [0.1, 0.15) is 39.2 Å². The van der Waals surface area contributed by atoms with Crippen molar-refractivity contribution < 1.29 is 9.53 Å². The van der Waals surface area contributed by atoms with Crippen LogP contribution in [0.4, 0.5) is 16.4 Å². The van der Waals surface area contributed by atoms with Crippen LogP contribution < -0.4 is 16.0 Å². The van der Waals surface area contributed by atoms with Crippen molar-refractivity contribution in [1.82, 2.24) is 15.3 Å². The molecule has 37 heavy (non-hydrogen) atoms. The fourth-order valence-electron chi connectivity index (χ4n) is 3.89. The lowest BCUT2D eigenvalue weighted by atomic mass is 10.0. The van der Waals surface area contributed by atoms with Gasteiger partial charge in [-0.1, -0.05) is 60.7 Å². The third-order valence-corrected chi connectivity index (χ3v) is 5.64. The summed E-state index contributed by atoms with van der Waals surface area (Å²) in [5.74, 6) is 1.26. The van der Waals surface area contributed by atoms with Crippen molar-refractivity contribution in [2.45, 2.75) is 45.8 Å². The van der Waals surface area contributed by atoms with Crippen LogP contribution in [-0.4, -0.2) is 34.7 Å². The second-order valence-corrected chi connectivity index (χ2v) is 10.0. The molecular formula is C30H35N5O2. The van der Waals surface area contributed by atoms with E-state index in [9.17, 15) is 4.79 Å². The van der Waals surface area contributed by atoms with Crippen molar-refractivity contribution in [3.63, 3.8) is 0 Å². The standard InChI is InChI=1S/C30H35N5O2/c1-30(2,3)35-29(36)34-28-25(23-14-8-5-9-15-23)18-24-20-32-27(19-26(24)33-28)31-16-10-11-17-37-21-22-12-6-4-7-13-22/h4-9,12-15,18-20H,10-11,16-17,21H2,1-3H3,(H,31,32)(H2,33,34,35,36). The molecule has 2 heterocycles. The van der Waals surface area contributed by atoms with E-state index in [2.05, 4.69) is 33.1 Å². The summed E-state index contributed by atoms with van der Waals surface area (Å²) in [6.07, 6.45) is 3.75. The summed E-state index contributed by atoms with van der Waals surface area (Å²) in [5.41, 5.74) is 3.40. The number of amides is 2. The van der Waals surface area contributed by atoms with Crippen LogP contribution in [-0.2, 0) is 11.3 Å². The van der Waals surface area contributed by atoms with Gasteiger partial charge >= 0.3 is 6.03 Å². The smallest absolute Gasteiger partial charge is 0.320 e. The number of hydrogen-bond acceptors (Lipinski definition) is 5. The van der Waals surface area contributed by atoms with Gasteiger partial charge in [-0.25, -0.2) is 14.8 Å². The van der Waals surface area contributed by atoms with Crippen LogP contribution >= 0.6 is 0 Å². The van der Waals surface area contributed by atoms with Crippen molar-refractivity contribution in [2.75, 3.05) is 23.8 Å². The van der Waals surface area contributed by atoms with Gasteiger partial charge in [0.05, 0.1) is 12.1 Å². The summed E-state index contributed by atoms with van der Waals surface area (Å²) in [6.45, 7) is 7.97. The van der Waals surface area contributed by atoms with Gasteiger partial charge in [0.2, 0.25) is 0 Å². The van der Waals surface area contributed by atoms with Gasteiger partial charge in [0, 0.05) is 41.9 Å². The van der Waals surface area contributed by atoms with E-state index in [1.54, 1.807) is 0 Å². The molecule has 0 saturated carbocycles. The molecule has 0 fully saturated rings. The number of anilines is 2. The number of ether oxygens (including phenoxy) is 1. The first kappa shape index (κ1) is 26.1. The molecule has 4 rings (SSSR count). The lowest BCUT2D eigenvalue weighted by Crippen LogP contribution is -2.43. The molecule has 0 unspecified atom stereocenters. The van der Waals surface area contributed by atoms with Crippen molar-refractivity contribution in [3.8, 4) is 11.1 Å². The summed E-state index contributed by atoms with van der Waals surface area (Å²) in [4.78, 5) is 22.0. The zero-order valence-corrected chi connectivity index (χ0v) is 21.8. The summed E-state index contributed by atoms with van der Waals surface area (Å²) in [6, 6.07) is 23.8. The number of carbonyl (C=O) groups is 1. The monoisotopic (exact) mass is 497 g/mol. The van der Waals surface area contributed by atoms with Gasteiger partial charge in [0.1, 0.15) is 11.6 Å². The molecule has 0 spiro atoms. The predicted octanol–water partition coefficient (Wildman–Crippen LogP) is 6.63. The van der Waals surface area contributed by atoms with Crippen LogP contribution in [0.2, 0.25) is 0 Å². The van der Waals surface area contributed by atoms with E-state index in [1.165, 1.54) is 5.56 Å². The van der Waals surface area contributed by atoms with Crippen LogP contribution in [0.3, 0.4) is 0 Å². The lowest BCUT2D eigenvalue weighted by Gasteiger charge is -2.21. The van der Waals surface area contributed by atoms with Gasteiger partial charge < -0.3 is 15.4 Å². The number of unbranched alkanes of at least 4 members (excludes halogenated alkanes) is 1. The highest BCUT2D eigenvalue weighted by molar-refractivity contribution is 5.97. The van der Waals surface area contributed by atoms with Crippen molar-refractivity contribution in [3.05, 3.63) is 84.6 Å². The molecular weight excluding hydrogens is 462 g/mol. The summed E-state index contributed by atoms with van der Waals surface area (Å²) in [7, 11) is 0. The van der Waals surface area contributed by atoms with Gasteiger partial charge in [-0.3, -0.25) is 5.32 Å². The Kier molecular flexibility index (Phi) is 8.69. The molecule has 7 heteroatoms. The second-order valence-electron chi connectivity index (χ2n) is 10.0. The maximum absolute atomic E-state index is 12.6. The maximum Gasteiger partial charge on any atom is 0.320 e. The lowest BCUT2D eigenvalue weighted by molar-refractivity contribution is 0.118. The maximum atomic E-state index is 12.6. The number of nitrogens with zero attached hydrogens (tertiary/aromatic N) is 2. The minimum absolute atomic E-state index is 0.293. The number of urea groups is 1. The van der Waals surface area contributed by atoms with E-state index in [4.69, 9.17) is 9.72 Å². The normalized spacial score (nSPS) is 11.3. The quantitative estimate of drug-likeness (QED) is 0.214. The fourth-order valence-corrected chi connectivity index (χ4v) is 3.89. The van der Waals surface area contributed by atoms with Crippen LogP contribution in [0.15, 0.2) is 79.0 Å². The number of benzene rings is 2. The van der Waals surface area contributed by atoms with Gasteiger partial charge in [-0.2, -0.15) is 0 Å². The van der Waals surface area contributed by atoms with Crippen molar-refractivity contribution in [2.24, 2.45) is 0 Å². The molecule has 0 saturated heterocycles. The second kappa shape index (κ2) is 12.3. The highest BCUT2D eigenvalue weighted by Crippen LogP contribution is 2.30. The van der Waals surface area contributed by atoms with Gasteiger partial charge in [0.15, 0.2) is 0 Å². The summed E-state index contributed by atoms with van der Waals surface area (Å²) < 4.78 is 5.76. The first-order valence-electron chi connectivity index (χ1n) is 12.7. The van der Waals surface area contributed by atoms with Gasteiger partial charge in [-0.15, -0.1) is 0 Å². The molecule has 2 aromatic carbocycles. The molecule has 0 bridgehead atoms. The van der Waals surface area contributed by atoms with Gasteiger partial charge in [0.25, 0.3) is 0 Å². The predicted molar refractivity (Wildman–Crippen MR) is 151 cm³/mol. The molecule has 0 aliphatic carbocycles. The van der Waals surface area contributed by atoms with Crippen molar-refractivity contribution >= 4 is 28.6 Å². The van der Waals surface area contributed by atoms with E-state index < -0.39 is 0 Å². The Labute approximate surface area is 218 Å². The number of fused-ring (bicyclic) bond motifs is 1. The van der Waals surface area contributed by atoms with E-state index in [0.717, 1.165) is 53.8 Å². The molecule has 0 radical (unpaired) electrons. The highest BCUT2D eigenvalue weighted by Gasteiger charge is 2.17. The average molecular weight is 498 g/mol. The molecule has 0 aliphatic rings. The third kappa shape index (κ3) is 8.02. The molecule has 3 N–H and O–H groups in total. The number of hydrogen-bond donors (Lipinski definition) is 3. The molecule has 4 aromatic rings. The first-order valence-corrected chi connectivity index (χ1v) is 12.7. The van der Waals surface area contributed by atoms with Gasteiger partial charge in [-0.05, 0) is 50.8 Å². The zero-order chi connectivity index (χ0) is 26.1. The Morgan fingerprint density at radius 2 is 1.68 bits per heavy atom. The Hall–Kier alpha value is -3.97. The number of nitrogens with one attached hydrogen (secondary N) is 3. The minimum atomic E-state index is -0.360. The minimum Gasteiger partial charge on any atom is -0.377 e. The molecule has 0 aliphatic heterocycles. The van der Waals surface area contributed by atoms with E-state index >= 15 is 0 Å². The van der Waals surface area contributed by atoms with E-state index in [-0.39, 0.29) is 11.6 Å². The number of aromatic nitrogens is 2. The Balaban J connectivity index is 1.40. The summed E-state index contributed by atoms with van der Waals surface area (Å²) >= 11 is 0. The highest BCUT2D eigenvalue weighted by atomic mass is 16.5. The third-order valence-electron chi connectivity index (χ3n) is 5.64. The molecule has 192 valence electrons. The number of rotatable bonds is 10. The van der Waals surface area contributed by atoms with E-state index in [0.29, 0.717) is 12.4 Å². The van der Waals surface area contributed by atoms with E-state index in [1.807, 2.05) is 87.6 Å². The largest absolute Gasteiger partial charge is 0.377 e. The zero-order valence-electron chi connectivity index (χ0n) is 21.8. The first-order chi connectivity index (χ1) is 17.9. The Bertz CT molecular complexity index is 1300. The van der Waals surface area contributed by atoms with Crippen LogP contribution in [0.5, 0.6) is 0 Å². The topological polar surface area (TPSA) is 88.2 Å². The number of pyridine rings is 2. The summed E-state index contributed by atoms with van der Waals surface area (Å²) in [5, 5.41) is 10.2. The Morgan fingerprint density at radius 1 is 0.946 bits per heavy atom. The number of carbonyl (C=O) groups excluding carboxylic acids is 1. The molecule has 0 atom stereocenters. The molecule has 7 nitrogen and oxygen atoms in total.